The average Bonchev–Trinajstić information content (AvgIpc) is 0.653. The van der Waals surface area contributed by atoms with Gasteiger partial charge in [0.2, 0.25) is 0 Å². The molecule has 0 bridgehead atoms. The first-order chi connectivity index (χ1) is 46.3. The lowest BCUT2D eigenvalue weighted by Crippen LogP contribution is -2.66. The first-order valence-electron chi connectivity index (χ1n) is 35.2. The van der Waals surface area contributed by atoms with Crippen molar-refractivity contribution in [1.29, 1.82) is 0 Å². The zero-order chi connectivity index (χ0) is 73.3. The molecule has 0 saturated heterocycles. The molecule has 592 valence electrons. The topological polar surface area (TPSA) is 138 Å². The van der Waals surface area contributed by atoms with Crippen molar-refractivity contribution in [2.45, 2.75) is 237 Å². The van der Waals surface area contributed by atoms with Crippen molar-refractivity contribution in [3.05, 3.63) is 0 Å². The normalized spacial score (nSPS) is 23.3. The predicted molar refractivity (Wildman–Crippen MR) is 491 cm³/mol. The highest BCUT2D eigenvalue weighted by molar-refractivity contribution is 9.45. The van der Waals surface area contributed by atoms with Crippen molar-refractivity contribution in [3.8, 4) is 0 Å². The summed E-state index contributed by atoms with van der Waals surface area (Å²) in [4.78, 5) is 0. The Labute approximate surface area is 673 Å². The van der Waals surface area contributed by atoms with Crippen molar-refractivity contribution in [2.75, 3.05) is 128 Å². The van der Waals surface area contributed by atoms with E-state index in [4.69, 9.17) is 183 Å². The van der Waals surface area contributed by atoms with Gasteiger partial charge in [0.1, 0.15) is 4.08 Å². The number of hydrogen-bond donors (Lipinski definition) is 10. The lowest BCUT2D eigenvalue weighted by atomic mass is 9.99. The second-order valence-electron chi connectivity index (χ2n) is 22.5. The fourth-order valence-corrected chi connectivity index (χ4v) is 90.7. The Balaban J connectivity index is 5.85. The summed E-state index contributed by atoms with van der Waals surface area (Å²) < 4.78 is 98.8. The molecular weight excluding hydrogens is 1710 g/mol. The van der Waals surface area contributed by atoms with Crippen molar-refractivity contribution in [1.82, 2.24) is 0 Å². The molecular formula is C57H134O15S20Si5. The van der Waals surface area contributed by atoms with Gasteiger partial charge in [0.05, 0.1) is 4.08 Å². The molecule has 0 aromatic carbocycles. The van der Waals surface area contributed by atoms with E-state index >= 15 is 0 Å². The maximum absolute atomic E-state index is 6.80. The highest BCUT2D eigenvalue weighted by atomic mass is 33.8. The Hall–Kier alpha value is 7.48. The zero-order valence-electron chi connectivity index (χ0n) is 61.3. The molecule has 1 rings (SSSR count). The van der Waals surface area contributed by atoms with E-state index in [1.807, 2.05) is 104 Å². The minimum absolute atomic E-state index is 0.293. The van der Waals surface area contributed by atoms with Crippen LogP contribution in [0.25, 0.3) is 0 Å². The van der Waals surface area contributed by atoms with Crippen LogP contribution in [-0.2, 0) is 66.4 Å². The Bertz CT molecular complexity index is 1850. The third-order valence-electron chi connectivity index (χ3n) is 16.5. The Morgan fingerprint density at radius 1 is 0.289 bits per heavy atom. The monoisotopic (exact) mass is 1840 g/mol. The Kier molecular flexibility index (Phi) is 57.4. The van der Waals surface area contributed by atoms with Crippen LogP contribution < -0.4 is 0 Å². The fraction of sp³-hybridized carbons (Fsp3) is 1.00. The van der Waals surface area contributed by atoms with Gasteiger partial charge in [-0.1, -0.05) is 44.9 Å². The number of thiol groups is 10. The molecule has 1 saturated carbocycles. The van der Waals surface area contributed by atoms with Crippen LogP contribution in [0, 0.1) is 0 Å². The second kappa shape index (κ2) is 54.3. The van der Waals surface area contributed by atoms with Crippen LogP contribution in [-0.4, -0.2) is 185 Å². The fourth-order valence-electron chi connectivity index (χ4n) is 13.4. The lowest BCUT2D eigenvalue weighted by molar-refractivity contribution is 0.0704. The first kappa shape index (κ1) is 102. The molecule has 6 unspecified atom stereocenters. The van der Waals surface area contributed by atoms with E-state index in [-0.39, 0.29) is 5.25 Å². The van der Waals surface area contributed by atoms with E-state index in [0.717, 1.165) is 51.4 Å². The molecule has 1 fully saturated rings. The summed E-state index contributed by atoms with van der Waals surface area (Å²) in [5.74, 6) is 3.06. The van der Waals surface area contributed by atoms with Gasteiger partial charge in [-0.15, -0.1) is 157 Å². The highest BCUT2D eigenvalue weighted by Gasteiger charge is 2.79. The van der Waals surface area contributed by atoms with Crippen LogP contribution in [0.3, 0.4) is 0 Å². The van der Waals surface area contributed by atoms with E-state index in [1.54, 1.807) is 49.1 Å². The summed E-state index contributed by atoms with van der Waals surface area (Å²) in [6, 6.07) is 2.81. The molecule has 97 heavy (non-hydrogen) atoms. The van der Waals surface area contributed by atoms with Crippen molar-refractivity contribution < 1.29 is 66.4 Å². The minimum Gasteiger partial charge on any atom is -0.374 e. The average molecular weight is 1840 g/mol. The summed E-state index contributed by atoms with van der Waals surface area (Å²) >= 11 is 62.4. The van der Waals surface area contributed by atoms with E-state index in [1.165, 1.54) is 0 Å². The summed E-state index contributed by atoms with van der Waals surface area (Å²) in [5, 5.41) is -0.293. The molecule has 0 radical (unpaired) electrons. The van der Waals surface area contributed by atoms with Crippen LogP contribution in [0.1, 0.15) is 194 Å². The summed E-state index contributed by atoms with van der Waals surface area (Å²) in [7, 11) is -21.4. The van der Waals surface area contributed by atoms with Gasteiger partial charge < -0.3 is 66.4 Å². The van der Waals surface area contributed by atoms with Crippen LogP contribution >= 0.6 is 206 Å². The molecule has 0 amide bonds. The van der Waals surface area contributed by atoms with Crippen molar-refractivity contribution >= 4 is 250 Å². The van der Waals surface area contributed by atoms with Crippen LogP contribution in [0.2, 0.25) is 30.2 Å². The summed E-state index contributed by atoms with van der Waals surface area (Å²) in [5.41, 5.74) is 0. The van der Waals surface area contributed by atoms with E-state index in [2.05, 4.69) is 0 Å². The standard InChI is InChI=1S/C57H134O15S20Si5/c1-16-58-93(59-17-2,60-18-3)50-38-45-88(78,83-73)55-43-36-34-32-31-33-35-37-44-56(89(79,84-74)46-39-51-94(61-19-4,62-20-5)63-21-6,90(80,85-75)47-40-52-95(64-22-7,65-23-8)66-24-9)57(55,91(81,86-76)48-41-53-96(67-25-10,68-26-11)69-27-12)92(82,87-77)49-42-54-97(70-28-13,71-29-14)72-30-15/h55,73-82H,16-54H2,1-15H3. The smallest absolute Gasteiger partial charge is 0.374 e. The van der Waals surface area contributed by atoms with E-state index in [9.17, 15) is 0 Å². The van der Waals surface area contributed by atoms with Crippen molar-refractivity contribution in [3.63, 3.8) is 0 Å². The molecule has 0 heterocycles. The molecule has 1 aliphatic rings. The van der Waals surface area contributed by atoms with Gasteiger partial charge in [-0.25, -0.2) is 0 Å². The Morgan fingerprint density at radius 2 is 0.495 bits per heavy atom. The lowest BCUT2D eigenvalue weighted by Gasteiger charge is -2.79. The van der Waals surface area contributed by atoms with Crippen LogP contribution in [0.15, 0.2) is 0 Å². The number of hydrogen-bond acceptors (Lipinski definition) is 30. The summed E-state index contributed by atoms with van der Waals surface area (Å²) in [6.45, 7) is 37.1. The second-order valence-corrected chi connectivity index (χ2v) is 79.9. The molecule has 0 N–H and O–H groups in total. The molecule has 0 aromatic rings. The molecule has 6 atom stereocenters. The molecule has 0 aromatic heterocycles. The van der Waals surface area contributed by atoms with Crippen LogP contribution in [0.4, 0.5) is 0 Å². The largest absolute Gasteiger partial charge is 0.500 e. The van der Waals surface area contributed by atoms with E-state index < -0.39 is 92.6 Å². The third kappa shape index (κ3) is 28.8. The SMILES string of the molecule is CCO[Si](CCCS(S)(SS)C1CCCCCCCCCC(S(S)(CCC[Si](OCC)(OCC)OCC)SS)(S(S)(CCC[Si](OCC)(OCC)OCC)SS)C1(S(S)(CCC[Si](OCC)(OCC)OCC)SS)S(S)(CCC[Si](OCC)(OCC)OCC)SS)(OCC)OCC. The third-order valence-corrected chi connectivity index (χ3v) is 90.0. The van der Waals surface area contributed by atoms with Gasteiger partial charge in [-0.3, -0.25) is 0 Å². The minimum atomic E-state index is -3.30. The van der Waals surface area contributed by atoms with Gasteiger partial charge in [0.25, 0.3) is 0 Å². The van der Waals surface area contributed by atoms with Gasteiger partial charge in [0, 0.05) is 135 Å². The summed E-state index contributed by atoms with van der Waals surface area (Å²) in [6.07, 6.45) is 11.8. The molecule has 0 aliphatic heterocycles. The maximum Gasteiger partial charge on any atom is 0.500 e. The van der Waals surface area contributed by atoms with Crippen LogP contribution in [0.5, 0.6) is 0 Å². The van der Waals surface area contributed by atoms with Gasteiger partial charge in [-0.05, 0) is 227 Å². The predicted octanol–water partition coefficient (Wildman–Crippen LogP) is 23.2. The van der Waals surface area contributed by atoms with Gasteiger partial charge >= 0.3 is 44.0 Å². The highest BCUT2D eigenvalue weighted by Crippen LogP contribution is 3.07. The van der Waals surface area contributed by atoms with E-state index in [0.29, 0.717) is 197 Å². The molecule has 15 nitrogen and oxygen atoms in total. The van der Waals surface area contributed by atoms with Gasteiger partial charge in [-0.2, -0.15) is 0 Å². The van der Waals surface area contributed by atoms with Crippen molar-refractivity contribution in [2.24, 2.45) is 0 Å². The zero-order valence-corrected chi connectivity index (χ0v) is 83.4. The Morgan fingerprint density at radius 3 is 0.711 bits per heavy atom. The quantitative estimate of drug-likeness (QED) is 0.0160. The van der Waals surface area contributed by atoms with Gasteiger partial charge in [0.15, 0.2) is 0 Å². The number of rotatable bonds is 60. The first-order valence-corrected chi connectivity index (χ1v) is 71.1. The molecule has 1 aliphatic carbocycles. The molecule has 0 spiro atoms. The molecule has 40 heteroatoms. The maximum atomic E-state index is 6.80.